The molecule has 0 fully saturated rings. The highest BCUT2D eigenvalue weighted by molar-refractivity contribution is 7.26. The molecule has 0 unspecified atom stereocenters. The lowest BCUT2D eigenvalue weighted by Gasteiger charge is -2.31. The zero-order valence-electron chi connectivity index (χ0n) is 29.8. The number of benzene rings is 8. The van der Waals surface area contributed by atoms with Crippen molar-refractivity contribution in [1.82, 2.24) is 4.98 Å². The fraction of sp³-hybridized carbons (Fsp3) is 0.0192. The largest absolute Gasteiger partial charge is 0.294 e. The Morgan fingerprint density at radius 3 is 1.65 bits per heavy atom. The van der Waals surface area contributed by atoms with Gasteiger partial charge in [-0.2, -0.15) is 0 Å². The predicted octanol–water partition coefficient (Wildman–Crippen LogP) is 14.1. The second-order valence-corrected chi connectivity index (χ2v) is 15.7. The van der Waals surface area contributed by atoms with Gasteiger partial charge < -0.3 is 0 Å². The summed E-state index contributed by atoms with van der Waals surface area (Å²) in [4.78, 5) is 7.58. The molecule has 0 N–H and O–H groups in total. The van der Waals surface area contributed by atoms with Crippen molar-refractivity contribution in [3.8, 4) is 33.4 Å². The van der Waals surface area contributed by atoms with Gasteiger partial charge in [0, 0.05) is 33.0 Å². The minimum Gasteiger partial charge on any atom is -0.294 e. The monoisotopic (exact) mass is 716 g/mol. The van der Waals surface area contributed by atoms with E-state index in [1.807, 2.05) is 17.5 Å². The first kappa shape index (κ1) is 30.6. The van der Waals surface area contributed by atoms with Crippen LogP contribution in [0, 0.1) is 0 Å². The van der Waals surface area contributed by atoms with Gasteiger partial charge in [0.05, 0.1) is 10.1 Å². The average Bonchev–Trinajstić information content (AvgIpc) is 3.87. The highest BCUT2D eigenvalue weighted by Gasteiger charge is 2.51. The van der Waals surface area contributed by atoms with Gasteiger partial charge in [0.25, 0.3) is 0 Å². The number of rotatable bonds is 4. The van der Waals surface area contributed by atoms with Crippen molar-refractivity contribution in [2.45, 2.75) is 5.41 Å². The molecule has 0 amide bonds. The molecule has 0 atom stereocenters. The molecular weight excluding hydrogens is 685 g/mol. The zero-order chi connectivity index (χ0) is 36.1. The third-order valence-corrected chi connectivity index (χ3v) is 13.1. The topological polar surface area (TPSA) is 16.1 Å². The molecule has 55 heavy (non-hydrogen) atoms. The fourth-order valence-corrected chi connectivity index (χ4v) is 10.8. The second kappa shape index (κ2) is 11.6. The smallest absolute Gasteiger partial charge is 0.155 e. The minimum atomic E-state index is -0.383. The molecule has 0 radical (unpaired) electrons. The van der Waals surface area contributed by atoms with E-state index in [0.29, 0.717) is 0 Å². The maximum Gasteiger partial charge on any atom is 0.155 e. The molecule has 2 heterocycles. The maximum atomic E-state index is 5.21. The van der Waals surface area contributed by atoms with Gasteiger partial charge in [0.2, 0.25) is 0 Å². The fourth-order valence-electron chi connectivity index (χ4n) is 9.59. The van der Waals surface area contributed by atoms with E-state index in [2.05, 4.69) is 193 Å². The average molecular weight is 717 g/mol. The van der Waals surface area contributed by atoms with Crippen molar-refractivity contribution in [2.24, 2.45) is 0 Å². The minimum absolute atomic E-state index is 0.383. The first-order valence-corrected chi connectivity index (χ1v) is 19.7. The van der Waals surface area contributed by atoms with Gasteiger partial charge in [-0.1, -0.05) is 146 Å². The van der Waals surface area contributed by atoms with Gasteiger partial charge in [-0.15, -0.1) is 11.3 Å². The SMILES string of the molecule is c1ccc(-c2ccc(N(c3ccc4c(c3)-c3ccccc3C43c4ccccc4-c4ccccc43)c3nccc4c3sc3cc5ccccc5cc34)cc2)cc1. The van der Waals surface area contributed by atoms with Crippen molar-refractivity contribution in [3.63, 3.8) is 0 Å². The summed E-state index contributed by atoms with van der Waals surface area (Å²) in [6.45, 7) is 0. The Hall–Kier alpha value is -6.81. The normalized spacial score (nSPS) is 13.2. The van der Waals surface area contributed by atoms with Crippen LogP contribution in [-0.4, -0.2) is 4.98 Å². The molecular formula is C52H32N2S. The van der Waals surface area contributed by atoms with E-state index in [0.717, 1.165) is 17.2 Å². The predicted molar refractivity (Wildman–Crippen MR) is 231 cm³/mol. The molecule has 1 spiro atoms. The van der Waals surface area contributed by atoms with E-state index in [1.165, 1.54) is 86.6 Å². The molecule has 12 rings (SSSR count). The summed E-state index contributed by atoms with van der Waals surface area (Å²) in [5.41, 5.74) is 14.7. The molecule has 0 saturated carbocycles. The molecule has 3 heteroatoms. The van der Waals surface area contributed by atoms with Crippen molar-refractivity contribution < 1.29 is 0 Å². The number of hydrogen-bond acceptors (Lipinski definition) is 3. The van der Waals surface area contributed by atoms with Crippen LogP contribution in [-0.2, 0) is 5.41 Å². The molecule has 256 valence electrons. The number of anilines is 3. The Morgan fingerprint density at radius 2 is 0.964 bits per heavy atom. The lowest BCUT2D eigenvalue weighted by Crippen LogP contribution is -2.25. The number of fused-ring (bicyclic) bond motifs is 14. The van der Waals surface area contributed by atoms with Crippen LogP contribution < -0.4 is 4.90 Å². The maximum absolute atomic E-state index is 5.21. The lowest BCUT2D eigenvalue weighted by molar-refractivity contribution is 0.794. The van der Waals surface area contributed by atoms with E-state index in [4.69, 9.17) is 4.98 Å². The summed E-state index contributed by atoms with van der Waals surface area (Å²) < 4.78 is 2.45. The summed E-state index contributed by atoms with van der Waals surface area (Å²) in [5, 5.41) is 5.00. The molecule has 2 aromatic heterocycles. The Morgan fingerprint density at radius 1 is 0.418 bits per heavy atom. The van der Waals surface area contributed by atoms with Crippen LogP contribution in [0.4, 0.5) is 17.2 Å². The Bertz CT molecular complexity index is 3110. The van der Waals surface area contributed by atoms with E-state index in [-0.39, 0.29) is 5.41 Å². The summed E-state index contributed by atoms with van der Waals surface area (Å²) in [6.07, 6.45) is 1.98. The van der Waals surface area contributed by atoms with Gasteiger partial charge in [-0.05, 0) is 109 Å². The standard InChI is InChI=1S/C52H32N2S/c1-2-12-33(13-3-1)34-22-24-37(25-23-34)54(51-50-42(28-29-53-51)44-30-35-14-4-5-15-36(35)31-49(44)55-50)38-26-27-48-43(32-38)41-18-8-11-21-47(41)52(48)45-19-9-6-16-39(45)40-17-7-10-20-46(40)52/h1-32H. The van der Waals surface area contributed by atoms with Crippen molar-refractivity contribution in [3.05, 3.63) is 217 Å². The first-order valence-electron chi connectivity index (χ1n) is 18.9. The van der Waals surface area contributed by atoms with Crippen LogP contribution in [0.25, 0.3) is 64.3 Å². The van der Waals surface area contributed by atoms with Crippen LogP contribution in [0.1, 0.15) is 22.3 Å². The molecule has 0 saturated heterocycles. The molecule has 2 nitrogen and oxygen atoms in total. The van der Waals surface area contributed by atoms with E-state index in [9.17, 15) is 0 Å². The number of pyridine rings is 1. The van der Waals surface area contributed by atoms with Crippen LogP contribution >= 0.6 is 11.3 Å². The van der Waals surface area contributed by atoms with Gasteiger partial charge in [0.15, 0.2) is 5.82 Å². The van der Waals surface area contributed by atoms with Gasteiger partial charge in [0.1, 0.15) is 0 Å². The molecule has 10 aromatic rings. The van der Waals surface area contributed by atoms with Crippen LogP contribution in [0.2, 0.25) is 0 Å². The Labute approximate surface area is 323 Å². The Balaban J connectivity index is 1.11. The van der Waals surface area contributed by atoms with E-state index >= 15 is 0 Å². The number of hydrogen-bond donors (Lipinski definition) is 0. The van der Waals surface area contributed by atoms with Gasteiger partial charge in [-0.3, -0.25) is 4.90 Å². The van der Waals surface area contributed by atoms with Crippen molar-refractivity contribution >= 4 is 59.5 Å². The Kier molecular flexibility index (Phi) is 6.46. The quantitative estimate of drug-likeness (QED) is 0.180. The lowest BCUT2D eigenvalue weighted by atomic mass is 9.70. The van der Waals surface area contributed by atoms with Gasteiger partial charge in [-0.25, -0.2) is 4.98 Å². The molecule has 0 aliphatic heterocycles. The molecule has 8 aromatic carbocycles. The first-order chi connectivity index (χ1) is 27.3. The zero-order valence-corrected chi connectivity index (χ0v) is 30.6. The molecule has 2 aliphatic rings. The third-order valence-electron chi connectivity index (χ3n) is 11.9. The molecule has 2 aliphatic carbocycles. The molecule has 0 bridgehead atoms. The van der Waals surface area contributed by atoms with E-state index < -0.39 is 0 Å². The van der Waals surface area contributed by atoms with Crippen LogP contribution in [0.5, 0.6) is 0 Å². The summed E-state index contributed by atoms with van der Waals surface area (Å²) in [5.74, 6) is 0.938. The number of nitrogens with zero attached hydrogens (tertiary/aromatic N) is 2. The summed E-state index contributed by atoms with van der Waals surface area (Å²) >= 11 is 1.83. The highest BCUT2D eigenvalue weighted by Crippen LogP contribution is 2.63. The van der Waals surface area contributed by atoms with Crippen LogP contribution in [0.3, 0.4) is 0 Å². The number of aromatic nitrogens is 1. The second-order valence-electron chi connectivity index (χ2n) is 14.7. The van der Waals surface area contributed by atoms with Crippen molar-refractivity contribution in [2.75, 3.05) is 4.90 Å². The van der Waals surface area contributed by atoms with Crippen LogP contribution in [0.15, 0.2) is 194 Å². The highest BCUT2D eigenvalue weighted by atomic mass is 32.1. The van der Waals surface area contributed by atoms with Crippen molar-refractivity contribution in [1.29, 1.82) is 0 Å². The van der Waals surface area contributed by atoms with E-state index in [1.54, 1.807) is 0 Å². The summed E-state index contributed by atoms with van der Waals surface area (Å²) in [7, 11) is 0. The van der Waals surface area contributed by atoms with Gasteiger partial charge >= 0.3 is 0 Å². The number of thiophene rings is 1. The summed E-state index contributed by atoms with van der Waals surface area (Å²) in [6, 6.07) is 69.2. The third kappa shape index (κ3) is 4.27.